The number of hydrogen-bond acceptors (Lipinski definition) is 4. The van der Waals surface area contributed by atoms with Crippen LogP contribution in [0.1, 0.15) is 35.4 Å². The highest BCUT2D eigenvalue weighted by molar-refractivity contribution is 5.96. The maximum atomic E-state index is 12.9. The number of aryl methyl sites for hydroxylation is 2. The Labute approximate surface area is 146 Å². The first-order valence-corrected chi connectivity index (χ1v) is 8.35. The van der Waals surface area contributed by atoms with Gasteiger partial charge in [-0.05, 0) is 37.0 Å². The molecule has 0 aliphatic rings. The minimum Gasteiger partial charge on any atom is -0.325 e. The Morgan fingerprint density at radius 1 is 1.20 bits per heavy atom. The van der Waals surface area contributed by atoms with Crippen molar-refractivity contribution in [3.05, 3.63) is 71.0 Å². The van der Waals surface area contributed by atoms with Gasteiger partial charge in [0.15, 0.2) is 5.82 Å². The average Bonchev–Trinajstić information content (AvgIpc) is 3.14. The lowest BCUT2D eigenvalue weighted by Gasteiger charge is -2.16. The molecule has 1 aromatic heterocycles. The maximum Gasteiger partial charge on any atom is 0.235 e. The van der Waals surface area contributed by atoms with Crippen LogP contribution < -0.4 is 5.32 Å². The van der Waals surface area contributed by atoms with Crippen molar-refractivity contribution in [1.29, 1.82) is 0 Å². The number of para-hydroxylation sites is 1. The molecule has 0 fully saturated rings. The highest BCUT2D eigenvalue weighted by atomic mass is 16.1. The smallest absolute Gasteiger partial charge is 0.235 e. The summed E-state index contributed by atoms with van der Waals surface area (Å²) in [6, 6.07) is 15.9. The summed E-state index contributed by atoms with van der Waals surface area (Å²) in [6.45, 7) is 4.10. The van der Waals surface area contributed by atoms with Gasteiger partial charge in [0.2, 0.25) is 5.91 Å². The van der Waals surface area contributed by atoms with Crippen LogP contribution in [0.3, 0.4) is 0 Å². The maximum absolute atomic E-state index is 12.9. The number of carbonyl (C=O) groups is 1. The van der Waals surface area contributed by atoms with Crippen molar-refractivity contribution in [1.82, 2.24) is 20.6 Å². The number of carbonyl (C=O) groups excluding carboxylic acids is 1. The molecule has 128 valence electrons. The summed E-state index contributed by atoms with van der Waals surface area (Å²) in [4.78, 5) is 12.9. The fourth-order valence-corrected chi connectivity index (χ4v) is 2.86. The molecule has 2 aromatic carbocycles. The van der Waals surface area contributed by atoms with E-state index >= 15 is 0 Å². The molecule has 0 saturated carbocycles. The molecule has 2 N–H and O–H groups in total. The molecular formula is C19H21N5O. The van der Waals surface area contributed by atoms with E-state index in [0.717, 1.165) is 28.8 Å². The van der Waals surface area contributed by atoms with Crippen molar-refractivity contribution in [2.45, 2.75) is 32.6 Å². The first kappa shape index (κ1) is 16.8. The molecule has 0 spiro atoms. The summed E-state index contributed by atoms with van der Waals surface area (Å²) in [7, 11) is 0. The molecule has 3 rings (SSSR count). The highest BCUT2D eigenvalue weighted by Crippen LogP contribution is 2.22. The summed E-state index contributed by atoms with van der Waals surface area (Å²) in [5.74, 6) is -0.248. The third kappa shape index (κ3) is 4.09. The normalized spacial score (nSPS) is 11.9. The summed E-state index contributed by atoms with van der Waals surface area (Å²) >= 11 is 0. The lowest BCUT2D eigenvalue weighted by atomic mass is 9.96. The van der Waals surface area contributed by atoms with Crippen LogP contribution in [-0.2, 0) is 17.6 Å². The van der Waals surface area contributed by atoms with Crippen molar-refractivity contribution >= 4 is 11.6 Å². The zero-order valence-corrected chi connectivity index (χ0v) is 14.4. The van der Waals surface area contributed by atoms with Gasteiger partial charge in [0.05, 0.1) is 0 Å². The summed E-state index contributed by atoms with van der Waals surface area (Å²) in [5, 5.41) is 17.1. The number of aromatic nitrogens is 4. The number of H-pyrrole nitrogens is 1. The molecule has 0 aliphatic heterocycles. The molecule has 0 radical (unpaired) electrons. The van der Waals surface area contributed by atoms with Gasteiger partial charge in [-0.1, -0.05) is 60.2 Å². The molecule has 1 amide bonds. The molecule has 0 bridgehead atoms. The van der Waals surface area contributed by atoms with E-state index in [1.165, 1.54) is 0 Å². The fourth-order valence-electron chi connectivity index (χ4n) is 2.86. The molecule has 1 atom stereocenters. The Balaban J connectivity index is 1.85. The molecule has 1 heterocycles. The van der Waals surface area contributed by atoms with E-state index in [1.807, 2.05) is 49.4 Å². The molecule has 0 aliphatic carbocycles. The van der Waals surface area contributed by atoms with Gasteiger partial charge in [-0.3, -0.25) is 4.79 Å². The van der Waals surface area contributed by atoms with E-state index < -0.39 is 5.92 Å². The van der Waals surface area contributed by atoms with Crippen LogP contribution in [0.15, 0.2) is 48.5 Å². The van der Waals surface area contributed by atoms with E-state index in [-0.39, 0.29) is 5.91 Å². The molecule has 25 heavy (non-hydrogen) atoms. The Kier molecular flexibility index (Phi) is 5.18. The van der Waals surface area contributed by atoms with Gasteiger partial charge in [0.1, 0.15) is 5.92 Å². The molecule has 6 heteroatoms. The number of amides is 1. The third-order valence-electron chi connectivity index (χ3n) is 4.17. The van der Waals surface area contributed by atoms with E-state index in [0.29, 0.717) is 12.2 Å². The first-order chi connectivity index (χ1) is 12.2. The van der Waals surface area contributed by atoms with Crippen LogP contribution in [0.4, 0.5) is 5.69 Å². The number of nitrogens with zero attached hydrogens (tertiary/aromatic N) is 3. The minimum absolute atomic E-state index is 0.135. The van der Waals surface area contributed by atoms with Crippen molar-refractivity contribution in [2.24, 2.45) is 0 Å². The first-order valence-electron chi connectivity index (χ1n) is 8.35. The molecule has 0 unspecified atom stereocenters. The van der Waals surface area contributed by atoms with Crippen LogP contribution in [0.5, 0.6) is 0 Å². The van der Waals surface area contributed by atoms with Gasteiger partial charge in [0, 0.05) is 5.69 Å². The molecule has 3 aromatic rings. The van der Waals surface area contributed by atoms with E-state index in [9.17, 15) is 4.79 Å². The molecular weight excluding hydrogens is 314 g/mol. The topological polar surface area (TPSA) is 83.6 Å². The Morgan fingerprint density at radius 2 is 2.04 bits per heavy atom. The number of hydrogen-bond donors (Lipinski definition) is 2. The van der Waals surface area contributed by atoms with Gasteiger partial charge in [0.25, 0.3) is 0 Å². The monoisotopic (exact) mass is 335 g/mol. The largest absolute Gasteiger partial charge is 0.325 e. The second-order valence-electron chi connectivity index (χ2n) is 6.02. The fraction of sp³-hybridized carbons (Fsp3) is 0.263. The van der Waals surface area contributed by atoms with Crippen molar-refractivity contribution in [3.8, 4) is 0 Å². The van der Waals surface area contributed by atoms with Crippen LogP contribution >= 0.6 is 0 Å². The zero-order valence-electron chi connectivity index (χ0n) is 14.4. The van der Waals surface area contributed by atoms with Crippen molar-refractivity contribution < 1.29 is 4.79 Å². The Bertz CT molecular complexity index is 845. The summed E-state index contributed by atoms with van der Waals surface area (Å²) in [6.07, 6.45) is 1.36. The number of nitrogens with one attached hydrogen (secondary N) is 2. The van der Waals surface area contributed by atoms with Gasteiger partial charge in [-0.2, -0.15) is 5.21 Å². The number of rotatable bonds is 6. The second-order valence-corrected chi connectivity index (χ2v) is 6.02. The molecule has 6 nitrogen and oxygen atoms in total. The van der Waals surface area contributed by atoms with Crippen molar-refractivity contribution in [3.63, 3.8) is 0 Å². The Morgan fingerprint density at radius 3 is 2.76 bits per heavy atom. The van der Waals surface area contributed by atoms with E-state index in [1.54, 1.807) is 0 Å². The van der Waals surface area contributed by atoms with Gasteiger partial charge in [-0.25, -0.2) is 0 Å². The number of tetrazole rings is 1. The van der Waals surface area contributed by atoms with Crippen LogP contribution in [0.25, 0.3) is 0 Å². The average molecular weight is 335 g/mol. The van der Waals surface area contributed by atoms with Gasteiger partial charge in [-0.15, -0.1) is 10.2 Å². The van der Waals surface area contributed by atoms with Crippen molar-refractivity contribution in [2.75, 3.05) is 5.32 Å². The number of aromatic amines is 1. The van der Waals surface area contributed by atoms with Crippen LogP contribution in [0, 0.1) is 6.92 Å². The lowest BCUT2D eigenvalue weighted by Crippen LogP contribution is -2.24. The summed E-state index contributed by atoms with van der Waals surface area (Å²) in [5.41, 5.74) is 4.14. The summed E-state index contributed by atoms with van der Waals surface area (Å²) < 4.78 is 0. The van der Waals surface area contributed by atoms with Gasteiger partial charge < -0.3 is 5.32 Å². The number of anilines is 1. The van der Waals surface area contributed by atoms with Crippen LogP contribution in [-0.4, -0.2) is 26.5 Å². The number of benzene rings is 2. The SMILES string of the molecule is CCc1ccccc1NC(=O)[C@H](Cc1cccc(C)c1)c1nn[nH]n1. The Hall–Kier alpha value is -3.02. The van der Waals surface area contributed by atoms with Gasteiger partial charge >= 0.3 is 0 Å². The third-order valence-corrected chi connectivity index (χ3v) is 4.17. The predicted molar refractivity (Wildman–Crippen MR) is 96.3 cm³/mol. The standard InChI is InChI=1S/C19H21N5O/c1-3-15-9-4-5-10-17(15)20-19(25)16(18-21-23-24-22-18)12-14-8-6-7-13(2)11-14/h4-11,16H,3,12H2,1-2H3,(H,20,25)(H,21,22,23,24)/t16-/m1/s1. The quantitative estimate of drug-likeness (QED) is 0.725. The lowest BCUT2D eigenvalue weighted by molar-refractivity contribution is -0.117. The second kappa shape index (κ2) is 7.70. The predicted octanol–water partition coefficient (Wildman–Crippen LogP) is 3.04. The van der Waals surface area contributed by atoms with E-state index in [2.05, 4.69) is 38.9 Å². The van der Waals surface area contributed by atoms with Crippen LogP contribution in [0.2, 0.25) is 0 Å². The minimum atomic E-state index is -0.509. The highest BCUT2D eigenvalue weighted by Gasteiger charge is 2.26. The zero-order chi connectivity index (χ0) is 17.6. The van der Waals surface area contributed by atoms with E-state index in [4.69, 9.17) is 0 Å². The molecule has 0 saturated heterocycles.